The normalized spacial score (nSPS) is 15.3. The average Bonchev–Trinajstić information content (AvgIpc) is 2.90. The highest BCUT2D eigenvalue weighted by molar-refractivity contribution is 7.92. The van der Waals surface area contributed by atoms with Gasteiger partial charge in [-0.2, -0.15) is 8.78 Å². The maximum atomic E-state index is 14.0. The zero-order valence-corrected chi connectivity index (χ0v) is 20.9. The minimum absolute atomic E-state index is 0.00143. The SMILES string of the molecule is COC(=O)CC[C@H]1CN(S(=O)(=O)c2cccc(OC(F)F)c2)c2cc(/C=C/c3ncccc3F)ccc2O1. The number of ether oxygens (including phenoxy) is 3. The van der Waals surface area contributed by atoms with E-state index in [1.54, 1.807) is 24.3 Å². The van der Waals surface area contributed by atoms with Crippen LogP contribution in [-0.4, -0.2) is 45.7 Å². The number of aromatic nitrogens is 1. The molecule has 38 heavy (non-hydrogen) atoms. The Morgan fingerprint density at radius 3 is 2.74 bits per heavy atom. The van der Waals surface area contributed by atoms with Crippen molar-refractivity contribution >= 4 is 33.8 Å². The van der Waals surface area contributed by atoms with Gasteiger partial charge < -0.3 is 14.2 Å². The lowest BCUT2D eigenvalue weighted by Gasteiger charge is -2.35. The summed E-state index contributed by atoms with van der Waals surface area (Å²) in [5, 5.41) is 0. The molecule has 0 amide bonds. The van der Waals surface area contributed by atoms with Gasteiger partial charge in [0.15, 0.2) is 0 Å². The van der Waals surface area contributed by atoms with Crippen molar-refractivity contribution in [3.8, 4) is 11.5 Å². The number of nitrogens with zero attached hydrogens (tertiary/aromatic N) is 2. The number of sulfonamides is 1. The topological polar surface area (TPSA) is 95.0 Å². The highest BCUT2D eigenvalue weighted by Crippen LogP contribution is 2.39. The Labute approximate surface area is 217 Å². The van der Waals surface area contributed by atoms with E-state index in [0.717, 1.165) is 10.4 Å². The third-order valence-electron chi connectivity index (χ3n) is 5.65. The van der Waals surface area contributed by atoms with Crippen molar-refractivity contribution < 1.29 is 40.6 Å². The number of carbonyl (C=O) groups excluding carboxylic acids is 1. The molecule has 0 saturated heterocycles. The van der Waals surface area contributed by atoms with Crippen LogP contribution in [0.1, 0.15) is 24.1 Å². The minimum Gasteiger partial charge on any atom is -0.486 e. The lowest BCUT2D eigenvalue weighted by atomic mass is 10.1. The number of fused-ring (bicyclic) bond motifs is 1. The molecule has 0 bridgehead atoms. The molecule has 0 N–H and O–H groups in total. The van der Waals surface area contributed by atoms with Gasteiger partial charge in [-0.1, -0.05) is 18.2 Å². The highest BCUT2D eigenvalue weighted by atomic mass is 32.2. The van der Waals surface area contributed by atoms with Gasteiger partial charge in [-0.25, -0.2) is 12.8 Å². The van der Waals surface area contributed by atoms with Gasteiger partial charge in [-0.3, -0.25) is 14.1 Å². The number of esters is 1. The van der Waals surface area contributed by atoms with Crippen LogP contribution in [0, 0.1) is 5.82 Å². The predicted octanol–water partition coefficient (Wildman–Crippen LogP) is 4.90. The molecule has 1 atom stereocenters. The van der Waals surface area contributed by atoms with Crippen molar-refractivity contribution in [2.75, 3.05) is 18.0 Å². The first-order chi connectivity index (χ1) is 18.2. The summed E-state index contributed by atoms with van der Waals surface area (Å²) in [6, 6.07) is 12.3. The quantitative estimate of drug-likeness (QED) is 0.351. The van der Waals surface area contributed by atoms with E-state index in [-0.39, 0.29) is 47.2 Å². The summed E-state index contributed by atoms with van der Waals surface area (Å²) in [6.45, 7) is -3.29. The molecule has 1 aliphatic rings. The number of alkyl halides is 2. The molecule has 4 rings (SSSR count). The molecule has 0 unspecified atom stereocenters. The van der Waals surface area contributed by atoms with Crippen molar-refractivity contribution in [1.82, 2.24) is 4.98 Å². The summed E-state index contributed by atoms with van der Waals surface area (Å²) >= 11 is 0. The van der Waals surface area contributed by atoms with E-state index in [1.807, 2.05) is 0 Å². The first-order valence-corrected chi connectivity index (χ1v) is 12.8. The van der Waals surface area contributed by atoms with Crippen molar-refractivity contribution in [3.63, 3.8) is 0 Å². The number of rotatable bonds is 9. The van der Waals surface area contributed by atoms with E-state index in [4.69, 9.17) is 4.74 Å². The lowest BCUT2D eigenvalue weighted by Crippen LogP contribution is -2.43. The molecular formula is C26H23F3N2O6S. The summed E-state index contributed by atoms with van der Waals surface area (Å²) in [6.07, 6.45) is 3.94. The second-order valence-electron chi connectivity index (χ2n) is 8.18. The molecule has 0 radical (unpaired) electrons. The predicted molar refractivity (Wildman–Crippen MR) is 133 cm³/mol. The second kappa shape index (κ2) is 11.5. The average molecular weight is 549 g/mol. The van der Waals surface area contributed by atoms with Crippen LogP contribution >= 0.6 is 0 Å². The van der Waals surface area contributed by atoms with Gasteiger partial charge in [0, 0.05) is 18.7 Å². The van der Waals surface area contributed by atoms with Gasteiger partial charge in [0.2, 0.25) is 0 Å². The minimum atomic E-state index is -4.29. The van der Waals surface area contributed by atoms with Crippen LogP contribution in [0.2, 0.25) is 0 Å². The van der Waals surface area contributed by atoms with Gasteiger partial charge in [0.25, 0.3) is 10.0 Å². The number of anilines is 1. The van der Waals surface area contributed by atoms with Crippen molar-refractivity contribution in [3.05, 3.63) is 77.9 Å². The number of methoxy groups -OCH3 is 1. The zero-order valence-electron chi connectivity index (χ0n) is 20.1. The molecule has 1 aromatic heterocycles. The van der Waals surface area contributed by atoms with Gasteiger partial charge in [-0.15, -0.1) is 0 Å². The van der Waals surface area contributed by atoms with E-state index in [2.05, 4.69) is 14.5 Å². The van der Waals surface area contributed by atoms with E-state index in [0.29, 0.717) is 5.56 Å². The van der Waals surface area contributed by atoms with Crippen LogP contribution < -0.4 is 13.8 Å². The second-order valence-corrected chi connectivity index (χ2v) is 10.0. The largest absolute Gasteiger partial charge is 0.486 e. The Morgan fingerprint density at radius 1 is 1.18 bits per heavy atom. The third kappa shape index (κ3) is 6.25. The van der Waals surface area contributed by atoms with E-state index < -0.39 is 34.5 Å². The molecule has 12 heteroatoms. The van der Waals surface area contributed by atoms with E-state index in [9.17, 15) is 26.4 Å². The molecule has 0 fully saturated rings. The van der Waals surface area contributed by atoms with Crippen LogP contribution in [0.15, 0.2) is 65.7 Å². The maximum absolute atomic E-state index is 14.0. The van der Waals surface area contributed by atoms with Gasteiger partial charge in [-0.05, 0) is 54.5 Å². The van der Waals surface area contributed by atoms with Crippen LogP contribution in [0.4, 0.5) is 18.9 Å². The number of pyridine rings is 1. The number of hydrogen-bond donors (Lipinski definition) is 0. The molecule has 1 aliphatic heterocycles. The van der Waals surface area contributed by atoms with E-state index >= 15 is 0 Å². The number of benzene rings is 2. The maximum Gasteiger partial charge on any atom is 0.387 e. The Bertz CT molecular complexity index is 1450. The van der Waals surface area contributed by atoms with E-state index in [1.165, 1.54) is 49.7 Å². The molecule has 2 aromatic carbocycles. The standard InChI is InChI=1S/C26H23F3N2O6S/c1-35-25(32)12-9-19-16-31(38(33,34)20-5-2-4-18(15-20)37-26(28)29)23-14-17(8-11-24(23)36-19)7-10-22-21(27)6-3-13-30-22/h2-8,10-11,13-15,19,26H,9,12,16H2,1H3/b10-7+/t19-/m0/s1. The monoisotopic (exact) mass is 548 g/mol. The molecular weight excluding hydrogens is 525 g/mol. The van der Waals surface area contributed by atoms with Crippen LogP contribution in [0.3, 0.4) is 0 Å². The van der Waals surface area contributed by atoms with Crippen molar-refractivity contribution in [1.29, 1.82) is 0 Å². The van der Waals surface area contributed by atoms with Gasteiger partial charge in [0.1, 0.15) is 23.4 Å². The van der Waals surface area contributed by atoms with Crippen molar-refractivity contribution in [2.24, 2.45) is 0 Å². The van der Waals surface area contributed by atoms with Crippen LogP contribution in [-0.2, 0) is 19.6 Å². The fourth-order valence-electron chi connectivity index (χ4n) is 3.83. The fourth-order valence-corrected chi connectivity index (χ4v) is 5.36. The third-order valence-corrected chi connectivity index (χ3v) is 7.43. The molecule has 8 nitrogen and oxygen atoms in total. The smallest absolute Gasteiger partial charge is 0.387 e. The lowest BCUT2D eigenvalue weighted by molar-refractivity contribution is -0.141. The molecule has 0 aliphatic carbocycles. The molecule has 3 aromatic rings. The molecule has 0 spiro atoms. The number of halogens is 3. The van der Waals surface area contributed by atoms with Crippen LogP contribution in [0.25, 0.3) is 12.2 Å². The summed E-state index contributed by atoms with van der Waals surface area (Å²) in [7, 11) is -3.04. The summed E-state index contributed by atoms with van der Waals surface area (Å²) in [4.78, 5) is 15.3. The summed E-state index contributed by atoms with van der Waals surface area (Å²) in [5.41, 5.74) is 0.813. The molecule has 2 heterocycles. The first-order valence-electron chi connectivity index (χ1n) is 11.4. The van der Waals surface area contributed by atoms with Gasteiger partial charge in [0.05, 0.1) is 29.9 Å². The summed E-state index contributed by atoms with van der Waals surface area (Å²) in [5.74, 6) is -1.08. The first kappa shape index (κ1) is 27.0. The Morgan fingerprint density at radius 2 is 2.00 bits per heavy atom. The van der Waals surface area contributed by atoms with Crippen LogP contribution in [0.5, 0.6) is 11.5 Å². The highest BCUT2D eigenvalue weighted by Gasteiger charge is 2.35. The van der Waals surface area contributed by atoms with Gasteiger partial charge >= 0.3 is 12.6 Å². The zero-order chi connectivity index (χ0) is 27.3. The van der Waals surface area contributed by atoms with Crippen molar-refractivity contribution in [2.45, 2.75) is 30.5 Å². The number of carbonyl (C=O) groups is 1. The number of hydrogen-bond acceptors (Lipinski definition) is 7. The molecule has 0 saturated carbocycles. The Hall–Kier alpha value is -4.06. The Balaban J connectivity index is 1.72. The summed E-state index contributed by atoms with van der Waals surface area (Å²) < 4.78 is 83.0. The Kier molecular flexibility index (Phi) is 8.20. The molecule has 200 valence electrons. The fraction of sp³-hybridized carbons (Fsp3) is 0.231.